The molecule has 1 aliphatic rings. The number of pyridine rings is 1. The number of hydrogen-bond donors (Lipinski definition) is 2. The lowest BCUT2D eigenvalue weighted by Gasteiger charge is -2.15. The van der Waals surface area contributed by atoms with Crippen molar-refractivity contribution in [1.29, 1.82) is 0 Å². The fraction of sp³-hybridized carbons (Fsp3) is 0.286. The van der Waals surface area contributed by atoms with Gasteiger partial charge in [0.05, 0.1) is 12.2 Å². The van der Waals surface area contributed by atoms with Gasteiger partial charge in [-0.3, -0.25) is 4.79 Å². The number of carbonyl (C=O) groups is 1. The molecule has 0 saturated carbocycles. The number of halogens is 1. The van der Waals surface area contributed by atoms with Crippen LogP contribution in [0.25, 0.3) is 21.9 Å². The van der Waals surface area contributed by atoms with Crippen molar-refractivity contribution in [2.75, 3.05) is 19.6 Å². The van der Waals surface area contributed by atoms with Gasteiger partial charge in [0.1, 0.15) is 11.5 Å². The Morgan fingerprint density at radius 1 is 1.31 bits per heavy atom. The summed E-state index contributed by atoms with van der Waals surface area (Å²) in [6, 6.07) is 10.2. The third-order valence-electron chi connectivity index (χ3n) is 5.55. The van der Waals surface area contributed by atoms with E-state index in [0.29, 0.717) is 37.4 Å². The number of benzene rings is 1. The van der Waals surface area contributed by atoms with E-state index >= 15 is 0 Å². The van der Waals surface area contributed by atoms with Gasteiger partial charge < -0.3 is 15.6 Å². The van der Waals surface area contributed by atoms with Crippen molar-refractivity contribution < 1.29 is 9.18 Å². The van der Waals surface area contributed by atoms with Crippen LogP contribution in [-0.2, 0) is 6.54 Å². The maximum atomic E-state index is 13.4. The maximum absolute atomic E-state index is 13.4. The maximum Gasteiger partial charge on any atom is 0.270 e. The van der Waals surface area contributed by atoms with Crippen molar-refractivity contribution in [2.45, 2.75) is 18.9 Å². The number of rotatable bonds is 4. The van der Waals surface area contributed by atoms with E-state index in [1.165, 1.54) is 12.1 Å². The Bertz CT molecular complexity index is 1210. The van der Waals surface area contributed by atoms with E-state index in [0.717, 1.165) is 28.5 Å². The molecule has 0 aliphatic carbocycles. The van der Waals surface area contributed by atoms with Gasteiger partial charge >= 0.3 is 0 Å². The molecule has 0 radical (unpaired) electrons. The van der Waals surface area contributed by atoms with Gasteiger partial charge in [0.2, 0.25) is 0 Å². The third-order valence-corrected chi connectivity index (χ3v) is 5.55. The summed E-state index contributed by atoms with van der Waals surface area (Å²) >= 11 is 0. The van der Waals surface area contributed by atoms with Crippen LogP contribution in [0.2, 0.25) is 0 Å². The Balaban J connectivity index is 1.41. The topological polar surface area (TPSA) is 92.8 Å². The lowest BCUT2D eigenvalue weighted by Crippen LogP contribution is -2.28. The number of fused-ring (bicyclic) bond motifs is 2. The molecule has 5 rings (SSSR count). The largest absolute Gasteiger partial charge is 0.350 e. The number of likely N-dealkylation sites (tertiary alicyclic amines) is 1. The van der Waals surface area contributed by atoms with Crippen molar-refractivity contribution in [3.8, 4) is 0 Å². The van der Waals surface area contributed by atoms with Crippen molar-refractivity contribution in [3.63, 3.8) is 0 Å². The van der Waals surface area contributed by atoms with Gasteiger partial charge in [-0.15, -0.1) is 0 Å². The molecule has 3 N–H and O–H groups in total. The van der Waals surface area contributed by atoms with Crippen LogP contribution in [0.1, 0.15) is 28.5 Å². The van der Waals surface area contributed by atoms with Crippen LogP contribution in [0.4, 0.5) is 4.39 Å². The highest BCUT2D eigenvalue weighted by Gasteiger charge is 2.31. The Morgan fingerprint density at radius 2 is 2.21 bits per heavy atom. The zero-order valence-electron chi connectivity index (χ0n) is 15.8. The van der Waals surface area contributed by atoms with Gasteiger partial charge in [-0.1, -0.05) is 0 Å². The molecular formula is C21H21FN6O. The number of nitrogens with one attached hydrogen (secondary N) is 1. The molecular weight excluding hydrogens is 371 g/mol. The first kappa shape index (κ1) is 17.8. The number of aromatic nitrogens is 4. The first-order chi connectivity index (χ1) is 14.1. The standard InChI is InChI=1S/C21H21FN6O/c22-15-4-3-13-10-18(25-17(13)11-15)21(29)27-8-5-14(12-27)19-16-2-1-7-24-20(16)28(26-19)9-6-23/h1-4,7,10-11,14,25H,5-6,8-9,12,23H2. The lowest BCUT2D eigenvalue weighted by molar-refractivity contribution is 0.0786. The number of H-pyrrole nitrogens is 1. The second-order valence-electron chi connectivity index (χ2n) is 7.42. The van der Waals surface area contributed by atoms with E-state index in [1.54, 1.807) is 18.3 Å². The molecule has 1 aliphatic heterocycles. The normalized spacial score (nSPS) is 16.9. The molecule has 4 aromatic rings. The van der Waals surface area contributed by atoms with Crippen LogP contribution in [0, 0.1) is 5.82 Å². The van der Waals surface area contributed by atoms with E-state index in [4.69, 9.17) is 10.8 Å². The average Bonchev–Trinajstić information content (AvgIpc) is 3.44. The molecule has 29 heavy (non-hydrogen) atoms. The van der Waals surface area contributed by atoms with E-state index < -0.39 is 0 Å². The van der Waals surface area contributed by atoms with Crippen LogP contribution >= 0.6 is 0 Å². The summed E-state index contributed by atoms with van der Waals surface area (Å²) in [5.41, 5.74) is 8.62. The van der Waals surface area contributed by atoms with Gasteiger partial charge in [0.25, 0.3) is 5.91 Å². The molecule has 1 amide bonds. The molecule has 1 atom stereocenters. The van der Waals surface area contributed by atoms with Gasteiger partial charge in [-0.2, -0.15) is 5.10 Å². The molecule has 1 fully saturated rings. The molecule has 3 aromatic heterocycles. The van der Waals surface area contributed by atoms with Crippen molar-refractivity contribution in [3.05, 3.63) is 59.8 Å². The lowest BCUT2D eigenvalue weighted by atomic mass is 10.0. The van der Waals surface area contributed by atoms with Crippen LogP contribution < -0.4 is 5.73 Å². The molecule has 8 heteroatoms. The highest BCUT2D eigenvalue weighted by atomic mass is 19.1. The average molecular weight is 392 g/mol. The van der Waals surface area contributed by atoms with E-state index in [1.807, 2.05) is 21.7 Å². The summed E-state index contributed by atoms with van der Waals surface area (Å²) in [7, 11) is 0. The van der Waals surface area contributed by atoms with E-state index in [2.05, 4.69) is 9.97 Å². The summed E-state index contributed by atoms with van der Waals surface area (Å²) in [5, 5.41) is 6.60. The highest BCUT2D eigenvalue weighted by molar-refractivity contribution is 5.98. The van der Waals surface area contributed by atoms with Crippen molar-refractivity contribution in [1.82, 2.24) is 24.6 Å². The Kier molecular flexibility index (Phi) is 4.28. The van der Waals surface area contributed by atoms with Crippen molar-refractivity contribution >= 4 is 27.8 Å². The first-order valence-electron chi connectivity index (χ1n) is 9.73. The minimum atomic E-state index is -0.326. The summed E-state index contributed by atoms with van der Waals surface area (Å²) in [5.74, 6) is -0.257. The SMILES string of the molecule is NCCn1nc(C2CCN(C(=O)c3cc4ccc(F)cc4[nH]3)C2)c2cccnc21. The number of amides is 1. The fourth-order valence-electron chi connectivity index (χ4n) is 4.17. The van der Waals surface area contributed by atoms with Gasteiger partial charge in [0, 0.05) is 48.0 Å². The molecule has 0 spiro atoms. The number of nitrogens with two attached hydrogens (primary N) is 1. The zero-order valence-corrected chi connectivity index (χ0v) is 15.8. The summed E-state index contributed by atoms with van der Waals surface area (Å²) in [6.07, 6.45) is 2.59. The smallest absolute Gasteiger partial charge is 0.270 e. The van der Waals surface area contributed by atoms with Gasteiger partial charge in [-0.05, 0) is 42.8 Å². The third kappa shape index (κ3) is 3.05. The minimum absolute atomic E-state index is 0.0760. The molecule has 7 nitrogen and oxygen atoms in total. The fourth-order valence-corrected chi connectivity index (χ4v) is 4.17. The monoisotopic (exact) mass is 392 g/mol. The van der Waals surface area contributed by atoms with Gasteiger partial charge in [0.15, 0.2) is 5.65 Å². The Labute approximate surface area is 166 Å². The molecule has 1 unspecified atom stereocenters. The van der Waals surface area contributed by atoms with E-state index in [-0.39, 0.29) is 17.6 Å². The molecule has 1 saturated heterocycles. The summed E-state index contributed by atoms with van der Waals surface area (Å²) < 4.78 is 15.3. The molecule has 148 valence electrons. The number of aromatic amines is 1. The van der Waals surface area contributed by atoms with Crippen LogP contribution in [0.15, 0.2) is 42.6 Å². The highest BCUT2D eigenvalue weighted by Crippen LogP contribution is 2.32. The second-order valence-corrected chi connectivity index (χ2v) is 7.42. The number of hydrogen-bond acceptors (Lipinski definition) is 4. The predicted octanol–water partition coefficient (Wildman–Crippen LogP) is 2.64. The predicted molar refractivity (Wildman–Crippen MR) is 108 cm³/mol. The quantitative estimate of drug-likeness (QED) is 0.558. The number of nitrogens with zero attached hydrogens (tertiary/aromatic N) is 4. The van der Waals surface area contributed by atoms with Crippen LogP contribution in [0.5, 0.6) is 0 Å². The summed E-state index contributed by atoms with van der Waals surface area (Å²) in [6.45, 7) is 2.34. The zero-order chi connectivity index (χ0) is 20.0. The minimum Gasteiger partial charge on any atom is -0.350 e. The first-order valence-corrected chi connectivity index (χ1v) is 9.73. The Hall–Kier alpha value is -3.26. The molecule has 1 aromatic carbocycles. The van der Waals surface area contributed by atoms with Crippen LogP contribution in [0.3, 0.4) is 0 Å². The van der Waals surface area contributed by atoms with Crippen LogP contribution in [-0.4, -0.2) is 50.2 Å². The molecule has 4 heterocycles. The number of carbonyl (C=O) groups excluding carboxylic acids is 1. The van der Waals surface area contributed by atoms with Crippen molar-refractivity contribution in [2.24, 2.45) is 5.73 Å². The second kappa shape index (κ2) is 6.97. The molecule has 0 bridgehead atoms. The van der Waals surface area contributed by atoms with E-state index in [9.17, 15) is 9.18 Å². The van der Waals surface area contributed by atoms with Gasteiger partial charge in [-0.25, -0.2) is 14.1 Å². The Morgan fingerprint density at radius 3 is 3.07 bits per heavy atom. The summed E-state index contributed by atoms with van der Waals surface area (Å²) in [4.78, 5) is 22.3.